The molecular weight excluding hydrogens is 262 g/mol. The number of hydrogen-bond acceptors (Lipinski definition) is 0. The Morgan fingerprint density at radius 3 is 1.56 bits per heavy atom. The second kappa shape index (κ2) is 3.18. The Labute approximate surface area is 69.2 Å². The van der Waals surface area contributed by atoms with Gasteiger partial charge in [0, 0.05) is 0 Å². The standard InChI is InChI=1S/C5H11.CH3.2ClH.Sn/c1-5(2,3)4;;;;/h1H2,2-4H3;1H3;2*1H;/q;;;;+2/p-2. The van der Waals surface area contributed by atoms with Gasteiger partial charge in [-0.15, -0.1) is 0 Å². The third kappa shape index (κ3) is 9.38. The second-order valence-electron chi connectivity index (χ2n) is 3.81. The van der Waals surface area contributed by atoms with Crippen LogP contribution in [0.25, 0.3) is 0 Å². The normalized spacial score (nSPS) is 14.0. The average Bonchev–Trinajstić information content (AvgIpc) is 1.14. The van der Waals surface area contributed by atoms with Crippen molar-refractivity contribution in [2.24, 2.45) is 5.41 Å². The van der Waals surface area contributed by atoms with Crippen LogP contribution < -0.4 is 0 Å². The molecule has 3 heteroatoms. The fourth-order valence-electron chi connectivity index (χ4n) is 0.931. The molecule has 0 amide bonds. The first-order valence-electron chi connectivity index (χ1n) is 3.09. The summed E-state index contributed by atoms with van der Waals surface area (Å²) in [6, 6.07) is 0. The van der Waals surface area contributed by atoms with Gasteiger partial charge >= 0.3 is 69.5 Å². The van der Waals surface area contributed by atoms with Crippen LogP contribution >= 0.6 is 17.8 Å². The Bertz CT molecular complexity index is 76.2. The monoisotopic (exact) mass is 276 g/mol. The van der Waals surface area contributed by atoms with Crippen molar-refractivity contribution in [1.29, 1.82) is 0 Å². The van der Waals surface area contributed by atoms with E-state index in [0.29, 0.717) is 5.41 Å². The molecule has 0 nitrogen and oxygen atoms in total. The zero-order valence-electron chi connectivity index (χ0n) is 6.46. The SMILES string of the molecule is CC(C)(C)[CH2][Sn]([CH3])([Cl])[Cl]. The van der Waals surface area contributed by atoms with Crippen molar-refractivity contribution in [3.8, 4) is 0 Å². The molecule has 9 heavy (non-hydrogen) atoms. The summed E-state index contributed by atoms with van der Waals surface area (Å²) in [6.07, 6.45) is 0. The first-order valence-corrected chi connectivity index (χ1v) is 15.2. The molecular formula is C6H14Cl2Sn. The number of halogens is 2. The van der Waals surface area contributed by atoms with E-state index < -0.39 is 16.1 Å². The Kier molecular flexibility index (Phi) is 3.67. The van der Waals surface area contributed by atoms with Crippen LogP contribution in [0.1, 0.15) is 20.8 Å². The molecule has 56 valence electrons. The molecule has 0 unspecified atom stereocenters. The summed E-state index contributed by atoms with van der Waals surface area (Å²) in [6.45, 7) is 6.52. The van der Waals surface area contributed by atoms with Gasteiger partial charge in [-0.1, -0.05) is 0 Å². The van der Waals surface area contributed by atoms with Gasteiger partial charge in [0.15, 0.2) is 0 Å². The molecule has 0 aromatic carbocycles. The summed E-state index contributed by atoms with van der Waals surface area (Å²) in [5.74, 6) is 0. The molecule has 0 heterocycles. The molecule has 0 rings (SSSR count). The van der Waals surface area contributed by atoms with E-state index in [-0.39, 0.29) is 0 Å². The van der Waals surface area contributed by atoms with Crippen LogP contribution in [-0.2, 0) is 0 Å². The maximum absolute atomic E-state index is 5.99. The summed E-state index contributed by atoms with van der Waals surface area (Å²) < 4.78 is 1.03. The predicted octanol–water partition coefficient (Wildman–Crippen LogP) is 3.58. The maximum atomic E-state index is 5.99. The minimum atomic E-state index is -2.50. The molecule has 0 atom stereocenters. The van der Waals surface area contributed by atoms with E-state index in [2.05, 4.69) is 20.8 Å². The predicted molar refractivity (Wildman–Crippen MR) is 47.6 cm³/mol. The van der Waals surface area contributed by atoms with Gasteiger partial charge in [0.25, 0.3) is 0 Å². The van der Waals surface area contributed by atoms with Gasteiger partial charge < -0.3 is 0 Å². The van der Waals surface area contributed by atoms with E-state index in [1.165, 1.54) is 0 Å². The molecule has 0 spiro atoms. The molecule has 0 aromatic rings. The van der Waals surface area contributed by atoms with Crippen LogP contribution in [0.15, 0.2) is 0 Å². The Morgan fingerprint density at radius 1 is 1.22 bits per heavy atom. The van der Waals surface area contributed by atoms with Crippen LogP contribution in [0.2, 0.25) is 9.38 Å². The Balaban J connectivity index is 3.75. The van der Waals surface area contributed by atoms with Crippen LogP contribution in [0.5, 0.6) is 0 Å². The van der Waals surface area contributed by atoms with Crippen molar-refractivity contribution in [2.75, 3.05) is 0 Å². The van der Waals surface area contributed by atoms with Gasteiger partial charge in [-0.2, -0.15) is 0 Å². The van der Waals surface area contributed by atoms with E-state index in [1.54, 1.807) is 0 Å². The molecule has 0 bridgehead atoms. The van der Waals surface area contributed by atoms with Gasteiger partial charge in [-0.25, -0.2) is 0 Å². The molecule has 0 aromatic heterocycles. The van der Waals surface area contributed by atoms with Crippen LogP contribution in [0.3, 0.4) is 0 Å². The van der Waals surface area contributed by atoms with Gasteiger partial charge in [0.2, 0.25) is 0 Å². The van der Waals surface area contributed by atoms with Crippen LogP contribution in [-0.4, -0.2) is 16.1 Å². The molecule has 0 saturated heterocycles. The first kappa shape index (κ1) is 10.4. The number of rotatable bonds is 1. The van der Waals surface area contributed by atoms with E-state index in [0.717, 1.165) is 4.44 Å². The molecule has 0 aliphatic carbocycles. The fourth-order valence-corrected chi connectivity index (χ4v) is 11.6. The van der Waals surface area contributed by atoms with Crippen molar-refractivity contribution in [2.45, 2.75) is 30.1 Å². The van der Waals surface area contributed by atoms with Gasteiger partial charge in [0.1, 0.15) is 0 Å². The first-order chi connectivity index (χ1) is 3.71. The summed E-state index contributed by atoms with van der Waals surface area (Å²) in [7, 11) is 12.0. The summed E-state index contributed by atoms with van der Waals surface area (Å²) in [5.41, 5.74) is 0.314. The molecule has 0 fully saturated rings. The minimum absolute atomic E-state index is 0.314. The van der Waals surface area contributed by atoms with E-state index in [9.17, 15) is 0 Å². The van der Waals surface area contributed by atoms with Crippen LogP contribution in [0.4, 0.5) is 0 Å². The molecule has 0 radical (unpaired) electrons. The molecule has 0 saturated carbocycles. The fraction of sp³-hybridized carbons (Fsp3) is 1.00. The Morgan fingerprint density at radius 2 is 1.56 bits per heavy atom. The van der Waals surface area contributed by atoms with E-state index in [1.807, 2.05) is 4.94 Å². The van der Waals surface area contributed by atoms with Crippen molar-refractivity contribution in [3.05, 3.63) is 0 Å². The summed E-state index contributed by atoms with van der Waals surface area (Å²) in [5, 5.41) is 0. The van der Waals surface area contributed by atoms with E-state index in [4.69, 9.17) is 17.8 Å². The topological polar surface area (TPSA) is 0 Å². The summed E-state index contributed by atoms with van der Waals surface area (Å²) in [4.78, 5) is 2.03. The van der Waals surface area contributed by atoms with E-state index >= 15 is 0 Å². The third-order valence-corrected chi connectivity index (χ3v) is 7.43. The van der Waals surface area contributed by atoms with Gasteiger partial charge in [0.05, 0.1) is 0 Å². The van der Waals surface area contributed by atoms with Crippen molar-refractivity contribution in [1.82, 2.24) is 0 Å². The summed E-state index contributed by atoms with van der Waals surface area (Å²) >= 11 is -2.50. The van der Waals surface area contributed by atoms with Crippen molar-refractivity contribution in [3.63, 3.8) is 0 Å². The van der Waals surface area contributed by atoms with Gasteiger partial charge in [-0.05, 0) is 0 Å². The van der Waals surface area contributed by atoms with Crippen LogP contribution in [0, 0.1) is 5.41 Å². The molecule has 0 N–H and O–H groups in total. The average molecular weight is 276 g/mol. The Hall–Kier alpha value is 1.38. The zero-order chi connectivity index (χ0) is 7.71. The second-order valence-corrected chi connectivity index (χ2v) is 23.4. The quantitative estimate of drug-likeness (QED) is 0.642. The third-order valence-electron chi connectivity index (χ3n) is 0.841. The van der Waals surface area contributed by atoms with Gasteiger partial charge in [-0.3, -0.25) is 0 Å². The zero-order valence-corrected chi connectivity index (χ0v) is 10.8. The molecule has 0 aliphatic rings. The number of hydrogen-bond donors (Lipinski definition) is 0. The molecule has 0 aliphatic heterocycles. The van der Waals surface area contributed by atoms with Crippen molar-refractivity contribution >= 4 is 34.0 Å². The van der Waals surface area contributed by atoms with Crippen molar-refractivity contribution < 1.29 is 0 Å².